The van der Waals surface area contributed by atoms with Crippen molar-refractivity contribution >= 4 is 33.9 Å². The summed E-state index contributed by atoms with van der Waals surface area (Å²) in [6.45, 7) is 2.01. The topological polar surface area (TPSA) is 58.2 Å². The van der Waals surface area contributed by atoms with Gasteiger partial charge in [-0.1, -0.05) is 48.5 Å². The van der Waals surface area contributed by atoms with E-state index in [1.54, 1.807) is 11.3 Å². The molecule has 0 aliphatic carbocycles. The lowest BCUT2D eigenvalue weighted by atomic mass is 9.84. The summed E-state index contributed by atoms with van der Waals surface area (Å²) in [7, 11) is 0. The van der Waals surface area contributed by atoms with E-state index in [0.717, 1.165) is 17.7 Å². The highest BCUT2D eigenvalue weighted by molar-refractivity contribution is 7.10. The second-order valence-corrected chi connectivity index (χ2v) is 8.97. The SMILES string of the molecule is CC(NC(=O)CCC1(Cc2ccc3ccccc3c2)CCC(=O)N1)c1cccs1. The molecule has 0 spiro atoms. The first-order valence-electron chi connectivity index (χ1n) is 10.1. The number of hydrogen-bond acceptors (Lipinski definition) is 3. The fraction of sp³-hybridized carbons (Fsp3) is 0.333. The zero-order chi connectivity index (χ0) is 20.3. The number of amides is 2. The predicted octanol–water partition coefficient (Wildman–Crippen LogP) is 4.75. The third-order valence-electron chi connectivity index (χ3n) is 5.77. The minimum absolute atomic E-state index is 0.0112. The molecule has 1 aliphatic rings. The Bertz CT molecular complexity index is 1010. The standard InChI is InChI=1S/C24H26N2O2S/c1-17(21-7-4-14-29-21)25-22(27)10-12-24(13-11-23(28)26-24)16-18-8-9-19-5-2-3-6-20(19)15-18/h2-9,14-15,17H,10-13,16H2,1H3,(H,25,27)(H,26,28). The van der Waals surface area contributed by atoms with Crippen molar-refractivity contribution in [3.05, 3.63) is 70.4 Å². The van der Waals surface area contributed by atoms with Crippen LogP contribution in [-0.4, -0.2) is 17.4 Å². The molecule has 1 aliphatic heterocycles. The molecule has 2 heterocycles. The number of hydrogen-bond donors (Lipinski definition) is 2. The van der Waals surface area contributed by atoms with Crippen molar-refractivity contribution in [1.29, 1.82) is 0 Å². The van der Waals surface area contributed by atoms with Gasteiger partial charge in [-0.15, -0.1) is 11.3 Å². The highest BCUT2D eigenvalue weighted by Crippen LogP contribution is 2.31. The van der Waals surface area contributed by atoms with E-state index in [0.29, 0.717) is 19.3 Å². The summed E-state index contributed by atoms with van der Waals surface area (Å²) in [6.07, 6.45) is 3.10. The number of benzene rings is 2. The fourth-order valence-electron chi connectivity index (χ4n) is 4.20. The van der Waals surface area contributed by atoms with Crippen LogP contribution in [-0.2, 0) is 16.0 Å². The molecule has 2 N–H and O–H groups in total. The molecule has 2 unspecified atom stereocenters. The number of rotatable bonds is 7. The minimum Gasteiger partial charge on any atom is -0.350 e. The highest BCUT2D eigenvalue weighted by Gasteiger charge is 2.38. The molecule has 2 amide bonds. The highest BCUT2D eigenvalue weighted by atomic mass is 32.1. The smallest absolute Gasteiger partial charge is 0.220 e. The van der Waals surface area contributed by atoms with Crippen LogP contribution in [0.3, 0.4) is 0 Å². The molecule has 2 aromatic carbocycles. The summed E-state index contributed by atoms with van der Waals surface area (Å²) < 4.78 is 0. The van der Waals surface area contributed by atoms with Crippen molar-refractivity contribution < 1.29 is 9.59 Å². The number of carbonyl (C=O) groups is 2. The average molecular weight is 407 g/mol. The van der Waals surface area contributed by atoms with Gasteiger partial charge >= 0.3 is 0 Å². The zero-order valence-electron chi connectivity index (χ0n) is 16.6. The first-order chi connectivity index (χ1) is 14.0. The Balaban J connectivity index is 1.43. The van der Waals surface area contributed by atoms with Gasteiger partial charge in [0.05, 0.1) is 6.04 Å². The first kappa shape index (κ1) is 19.6. The lowest BCUT2D eigenvalue weighted by Crippen LogP contribution is -2.44. The van der Waals surface area contributed by atoms with Crippen LogP contribution >= 0.6 is 11.3 Å². The molecule has 0 saturated carbocycles. The van der Waals surface area contributed by atoms with Crippen molar-refractivity contribution in [2.45, 2.75) is 50.6 Å². The van der Waals surface area contributed by atoms with Gasteiger partial charge in [0.2, 0.25) is 11.8 Å². The van der Waals surface area contributed by atoms with Gasteiger partial charge in [-0.3, -0.25) is 9.59 Å². The molecular weight excluding hydrogens is 380 g/mol. The second kappa shape index (κ2) is 8.37. The van der Waals surface area contributed by atoms with Gasteiger partial charge in [-0.05, 0) is 54.0 Å². The number of carbonyl (C=O) groups excluding carboxylic acids is 2. The van der Waals surface area contributed by atoms with Crippen LogP contribution in [0, 0.1) is 0 Å². The van der Waals surface area contributed by atoms with Crippen LogP contribution in [0.15, 0.2) is 60.0 Å². The molecule has 1 saturated heterocycles. The van der Waals surface area contributed by atoms with Crippen LogP contribution < -0.4 is 10.6 Å². The van der Waals surface area contributed by atoms with Crippen LogP contribution in [0.2, 0.25) is 0 Å². The molecule has 4 rings (SSSR count). The van der Waals surface area contributed by atoms with Crippen molar-refractivity contribution in [3.63, 3.8) is 0 Å². The maximum Gasteiger partial charge on any atom is 0.220 e. The summed E-state index contributed by atoms with van der Waals surface area (Å²) in [6, 6.07) is 18.8. The van der Waals surface area contributed by atoms with Crippen molar-refractivity contribution in [3.8, 4) is 0 Å². The molecule has 0 radical (unpaired) electrons. The number of fused-ring (bicyclic) bond motifs is 1. The fourth-order valence-corrected chi connectivity index (χ4v) is 4.93. The Kier molecular flexibility index (Phi) is 5.67. The number of thiophene rings is 1. The quantitative estimate of drug-likeness (QED) is 0.595. The molecule has 0 bridgehead atoms. The molecule has 150 valence electrons. The third kappa shape index (κ3) is 4.67. The molecule has 29 heavy (non-hydrogen) atoms. The Morgan fingerprint density at radius 3 is 2.72 bits per heavy atom. The zero-order valence-corrected chi connectivity index (χ0v) is 17.4. The van der Waals surface area contributed by atoms with E-state index >= 15 is 0 Å². The van der Waals surface area contributed by atoms with Gasteiger partial charge in [-0.2, -0.15) is 0 Å². The van der Waals surface area contributed by atoms with Crippen LogP contribution in [0.1, 0.15) is 49.1 Å². The molecular formula is C24H26N2O2S. The van der Waals surface area contributed by atoms with Crippen molar-refractivity contribution in [2.75, 3.05) is 0 Å². The molecule has 3 aromatic rings. The largest absolute Gasteiger partial charge is 0.350 e. The van der Waals surface area contributed by atoms with E-state index in [4.69, 9.17) is 0 Å². The van der Waals surface area contributed by atoms with Gasteiger partial charge in [0, 0.05) is 23.3 Å². The Labute approximate surface area is 175 Å². The monoisotopic (exact) mass is 406 g/mol. The van der Waals surface area contributed by atoms with E-state index in [1.807, 2.05) is 36.6 Å². The Morgan fingerprint density at radius 2 is 2.00 bits per heavy atom. The summed E-state index contributed by atoms with van der Waals surface area (Å²) in [5, 5.41) is 10.7. The second-order valence-electron chi connectivity index (χ2n) is 7.99. The van der Waals surface area contributed by atoms with E-state index in [2.05, 4.69) is 41.0 Å². The molecule has 5 heteroatoms. The third-order valence-corrected chi connectivity index (χ3v) is 6.82. The van der Waals surface area contributed by atoms with Crippen LogP contribution in [0.5, 0.6) is 0 Å². The van der Waals surface area contributed by atoms with Gasteiger partial charge in [0.25, 0.3) is 0 Å². The average Bonchev–Trinajstić information content (AvgIpc) is 3.37. The minimum atomic E-state index is -0.344. The Morgan fingerprint density at radius 1 is 1.17 bits per heavy atom. The number of nitrogens with one attached hydrogen (secondary N) is 2. The van der Waals surface area contributed by atoms with Gasteiger partial charge in [-0.25, -0.2) is 0 Å². The summed E-state index contributed by atoms with van der Waals surface area (Å²) in [5.41, 5.74) is 0.849. The Hall–Kier alpha value is -2.66. The first-order valence-corrected chi connectivity index (χ1v) is 11.0. The molecule has 1 fully saturated rings. The van der Waals surface area contributed by atoms with E-state index in [-0.39, 0.29) is 23.4 Å². The predicted molar refractivity (Wildman–Crippen MR) is 118 cm³/mol. The van der Waals surface area contributed by atoms with E-state index < -0.39 is 0 Å². The van der Waals surface area contributed by atoms with E-state index in [1.165, 1.54) is 16.3 Å². The van der Waals surface area contributed by atoms with Crippen molar-refractivity contribution in [1.82, 2.24) is 10.6 Å². The molecule has 4 nitrogen and oxygen atoms in total. The van der Waals surface area contributed by atoms with Crippen molar-refractivity contribution in [2.24, 2.45) is 0 Å². The summed E-state index contributed by atoms with van der Waals surface area (Å²) in [5.74, 6) is 0.114. The van der Waals surface area contributed by atoms with Gasteiger partial charge in [0.15, 0.2) is 0 Å². The summed E-state index contributed by atoms with van der Waals surface area (Å²) in [4.78, 5) is 25.7. The lowest BCUT2D eigenvalue weighted by Gasteiger charge is -2.29. The van der Waals surface area contributed by atoms with Gasteiger partial charge < -0.3 is 10.6 Å². The normalized spacial score (nSPS) is 19.8. The van der Waals surface area contributed by atoms with Crippen LogP contribution in [0.25, 0.3) is 10.8 Å². The maximum absolute atomic E-state index is 12.5. The van der Waals surface area contributed by atoms with Crippen LogP contribution in [0.4, 0.5) is 0 Å². The van der Waals surface area contributed by atoms with Gasteiger partial charge in [0.1, 0.15) is 0 Å². The summed E-state index contributed by atoms with van der Waals surface area (Å²) >= 11 is 1.65. The maximum atomic E-state index is 12.5. The molecule has 1 aromatic heterocycles. The van der Waals surface area contributed by atoms with E-state index in [9.17, 15) is 9.59 Å². The lowest BCUT2D eigenvalue weighted by molar-refractivity contribution is -0.123. The molecule has 2 atom stereocenters.